The number of fused-ring (bicyclic) bond motifs is 1. The number of carboxylic acids is 1. The summed E-state index contributed by atoms with van der Waals surface area (Å²) in [5, 5.41) is 8.99. The third-order valence-electron chi connectivity index (χ3n) is 2.50. The summed E-state index contributed by atoms with van der Waals surface area (Å²) in [6, 6.07) is 2.15. The maximum atomic E-state index is 13.3. The van der Waals surface area contributed by atoms with E-state index in [2.05, 4.69) is 9.97 Å². The normalized spacial score (nSPS) is 11.1. The Labute approximate surface area is 108 Å². The van der Waals surface area contributed by atoms with E-state index in [1.54, 1.807) is 7.11 Å². The summed E-state index contributed by atoms with van der Waals surface area (Å²) < 4.78 is 23.3. The minimum absolute atomic E-state index is 0.172. The molecule has 102 valence electrons. The van der Waals surface area contributed by atoms with E-state index in [0.29, 0.717) is 24.6 Å². The number of aromatic amines is 1. The number of hydrogen-bond acceptors (Lipinski definition) is 4. The number of carboxylic acid groups (broad SMARTS) is 1. The van der Waals surface area contributed by atoms with Crippen LogP contribution in [0.5, 0.6) is 0 Å². The van der Waals surface area contributed by atoms with E-state index in [9.17, 15) is 9.18 Å². The minimum Gasteiger partial charge on any atom is -0.478 e. The Bertz CT molecular complexity index is 597. The maximum absolute atomic E-state index is 13.3. The molecule has 0 amide bonds. The summed E-state index contributed by atoms with van der Waals surface area (Å²) in [6.45, 7) is 1.03. The van der Waals surface area contributed by atoms with Crippen LogP contribution in [0.2, 0.25) is 0 Å². The van der Waals surface area contributed by atoms with Gasteiger partial charge in [0.1, 0.15) is 23.8 Å². The molecule has 2 rings (SSSR count). The van der Waals surface area contributed by atoms with Crippen LogP contribution >= 0.6 is 0 Å². The van der Waals surface area contributed by atoms with Crippen LogP contribution in [0, 0.1) is 5.82 Å². The monoisotopic (exact) mass is 268 g/mol. The minimum atomic E-state index is -1.22. The van der Waals surface area contributed by atoms with Crippen LogP contribution in [0.1, 0.15) is 16.2 Å². The van der Waals surface area contributed by atoms with Crippen LogP contribution in [0.15, 0.2) is 12.1 Å². The van der Waals surface area contributed by atoms with Crippen LogP contribution in [0.4, 0.5) is 4.39 Å². The van der Waals surface area contributed by atoms with E-state index >= 15 is 0 Å². The summed E-state index contributed by atoms with van der Waals surface area (Å²) >= 11 is 0. The van der Waals surface area contributed by atoms with E-state index in [-0.39, 0.29) is 17.7 Å². The molecule has 0 fully saturated rings. The van der Waals surface area contributed by atoms with Gasteiger partial charge in [-0.15, -0.1) is 0 Å². The van der Waals surface area contributed by atoms with Crippen LogP contribution in [-0.2, 0) is 16.1 Å². The highest BCUT2D eigenvalue weighted by Gasteiger charge is 2.14. The fourth-order valence-corrected chi connectivity index (χ4v) is 1.68. The van der Waals surface area contributed by atoms with Gasteiger partial charge in [-0.05, 0) is 12.1 Å². The molecule has 0 atom stereocenters. The van der Waals surface area contributed by atoms with Gasteiger partial charge in [0.25, 0.3) is 0 Å². The van der Waals surface area contributed by atoms with Gasteiger partial charge >= 0.3 is 5.97 Å². The Morgan fingerprint density at radius 1 is 1.47 bits per heavy atom. The predicted molar refractivity (Wildman–Crippen MR) is 64.5 cm³/mol. The van der Waals surface area contributed by atoms with Crippen LogP contribution in [-0.4, -0.2) is 41.4 Å². The average molecular weight is 268 g/mol. The molecule has 0 saturated carbocycles. The number of carbonyl (C=O) groups is 1. The van der Waals surface area contributed by atoms with Crippen molar-refractivity contribution in [3.05, 3.63) is 29.3 Å². The molecule has 1 heterocycles. The second-order valence-electron chi connectivity index (χ2n) is 3.88. The summed E-state index contributed by atoms with van der Waals surface area (Å²) in [5.74, 6) is -1.40. The second kappa shape index (κ2) is 5.77. The number of nitrogens with zero attached hydrogens (tertiary/aromatic N) is 1. The molecule has 2 aromatic rings. The van der Waals surface area contributed by atoms with Crippen molar-refractivity contribution in [2.24, 2.45) is 0 Å². The lowest BCUT2D eigenvalue weighted by Gasteiger charge is -1.99. The van der Waals surface area contributed by atoms with Gasteiger partial charge < -0.3 is 19.6 Å². The molecule has 19 heavy (non-hydrogen) atoms. The Hall–Kier alpha value is -1.99. The van der Waals surface area contributed by atoms with Crippen molar-refractivity contribution >= 4 is 17.0 Å². The van der Waals surface area contributed by atoms with Crippen molar-refractivity contribution in [2.45, 2.75) is 6.61 Å². The fourth-order valence-electron chi connectivity index (χ4n) is 1.68. The molecule has 0 saturated heterocycles. The number of imidazole rings is 1. The lowest BCUT2D eigenvalue weighted by Crippen LogP contribution is -2.02. The first-order valence-corrected chi connectivity index (χ1v) is 5.60. The first-order valence-electron chi connectivity index (χ1n) is 5.60. The zero-order valence-electron chi connectivity index (χ0n) is 10.3. The van der Waals surface area contributed by atoms with Crippen molar-refractivity contribution in [3.8, 4) is 0 Å². The second-order valence-corrected chi connectivity index (χ2v) is 3.88. The zero-order valence-corrected chi connectivity index (χ0v) is 10.3. The van der Waals surface area contributed by atoms with E-state index in [1.807, 2.05) is 0 Å². The third kappa shape index (κ3) is 3.07. The van der Waals surface area contributed by atoms with Gasteiger partial charge in [0, 0.05) is 7.11 Å². The van der Waals surface area contributed by atoms with Crippen molar-refractivity contribution < 1.29 is 23.8 Å². The molecule has 0 bridgehead atoms. The molecule has 0 unspecified atom stereocenters. The molecule has 0 aliphatic heterocycles. The molecule has 0 aliphatic carbocycles. The summed E-state index contributed by atoms with van der Waals surface area (Å²) in [5.41, 5.74) is 0.386. The summed E-state index contributed by atoms with van der Waals surface area (Å²) in [7, 11) is 1.56. The zero-order chi connectivity index (χ0) is 13.8. The first-order chi connectivity index (χ1) is 9.11. The fraction of sp³-hybridized carbons (Fsp3) is 0.333. The van der Waals surface area contributed by atoms with Gasteiger partial charge in [-0.3, -0.25) is 0 Å². The van der Waals surface area contributed by atoms with Crippen LogP contribution in [0.25, 0.3) is 11.0 Å². The highest BCUT2D eigenvalue weighted by atomic mass is 19.1. The van der Waals surface area contributed by atoms with Crippen molar-refractivity contribution in [1.82, 2.24) is 9.97 Å². The molecule has 7 heteroatoms. The Kier molecular flexibility index (Phi) is 4.08. The molecule has 1 aromatic heterocycles. The van der Waals surface area contributed by atoms with Gasteiger partial charge in [0.15, 0.2) is 0 Å². The molecule has 2 N–H and O–H groups in total. The van der Waals surface area contributed by atoms with E-state index in [4.69, 9.17) is 14.6 Å². The number of aromatic nitrogens is 2. The van der Waals surface area contributed by atoms with Crippen molar-refractivity contribution in [2.75, 3.05) is 20.3 Å². The molecule has 0 aliphatic rings. The number of halogens is 1. The molecular weight excluding hydrogens is 255 g/mol. The Morgan fingerprint density at radius 2 is 2.26 bits per heavy atom. The SMILES string of the molecule is COCCOCc1nc2c(C(=O)O)cc(F)cc2[nH]1. The highest BCUT2D eigenvalue weighted by molar-refractivity contribution is 6.00. The molecule has 0 spiro atoms. The van der Waals surface area contributed by atoms with E-state index < -0.39 is 11.8 Å². The highest BCUT2D eigenvalue weighted by Crippen LogP contribution is 2.19. The number of nitrogens with one attached hydrogen (secondary N) is 1. The number of H-pyrrole nitrogens is 1. The van der Waals surface area contributed by atoms with Gasteiger partial charge in [0.2, 0.25) is 0 Å². The van der Waals surface area contributed by atoms with E-state index in [1.165, 1.54) is 6.07 Å². The summed E-state index contributed by atoms with van der Waals surface area (Å²) in [6.07, 6.45) is 0. The number of aromatic carboxylic acids is 1. The number of hydrogen-bond donors (Lipinski definition) is 2. The molecular formula is C12H13FN2O4. The van der Waals surface area contributed by atoms with Gasteiger partial charge in [-0.25, -0.2) is 14.2 Å². The van der Waals surface area contributed by atoms with Crippen LogP contribution in [0.3, 0.4) is 0 Å². The lowest BCUT2D eigenvalue weighted by molar-refractivity contribution is 0.0590. The quantitative estimate of drug-likeness (QED) is 0.777. The number of rotatable bonds is 6. The van der Waals surface area contributed by atoms with Crippen LogP contribution < -0.4 is 0 Å². The van der Waals surface area contributed by atoms with Crippen molar-refractivity contribution in [3.63, 3.8) is 0 Å². The number of ether oxygens (including phenoxy) is 2. The number of methoxy groups -OCH3 is 1. The standard InChI is InChI=1S/C12H13FN2O4/c1-18-2-3-19-6-10-14-9-5-7(13)4-8(12(16)17)11(9)15-10/h4-5H,2-3,6H2,1H3,(H,14,15)(H,16,17). The largest absolute Gasteiger partial charge is 0.478 e. The summed E-state index contributed by atoms with van der Waals surface area (Å²) in [4.78, 5) is 17.9. The Balaban J connectivity index is 2.24. The average Bonchev–Trinajstić information content (AvgIpc) is 2.76. The van der Waals surface area contributed by atoms with Gasteiger partial charge in [-0.2, -0.15) is 0 Å². The van der Waals surface area contributed by atoms with Gasteiger partial charge in [0.05, 0.1) is 24.3 Å². The van der Waals surface area contributed by atoms with E-state index in [0.717, 1.165) is 6.07 Å². The lowest BCUT2D eigenvalue weighted by atomic mass is 10.2. The molecule has 0 radical (unpaired) electrons. The number of benzene rings is 1. The third-order valence-corrected chi connectivity index (χ3v) is 2.50. The maximum Gasteiger partial charge on any atom is 0.338 e. The smallest absolute Gasteiger partial charge is 0.338 e. The van der Waals surface area contributed by atoms with Gasteiger partial charge in [-0.1, -0.05) is 0 Å². The van der Waals surface area contributed by atoms with Crippen molar-refractivity contribution in [1.29, 1.82) is 0 Å². The Morgan fingerprint density at radius 3 is 2.95 bits per heavy atom. The first kappa shape index (κ1) is 13.4. The molecule has 6 nitrogen and oxygen atoms in total. The molecule has 1 aromatic carbocycles. The predicted octanol–water partition coefficient (Wildman–Crippen LogP) is 1.56. The topological polar surface area (TPSA) is 84.4 Å².